The smallest absolute Gasteiger partial charge is 0.240 e. The number of benzene rings is 1. The highest BCUT2D eigenvalue weighted by Gasteiger charge is 2.28. The van der Waals surface area contributed by atoms with Crippen LogP contribution in [0, 0.1) is 0 Å². The zero-order chi connectivity index (χ0) is 19.2. The number of ether oxygens (including phenoxy) is 3. The molecule has 2 aromatic heterocycles. The minimum Gasteiger partial charge on any atom is -0.496 e. The van der Waals surface area contributed by atoms with Gasteiger partial charge in [0.2, 0.25) is 5.91 Å². The normalized spacial score (nSPS) is 10.3. The summed E-state index contributed by atoms with van der Waals surface area (Å²) >= 11 is 0. The Balaban J connectivity index is 2.14. The number of nitrogens with one attached hydrogen (secondary N) is 1. The van der Waals surface area contributed by atoms with Crippen molar-refractivity contribution in [3.8, 4) is 17.2 Å². The van der Waals surface area contributed by atoms with E-state index in [4.69, 9.17) is 14.2 Å². The van der Waals surface area contributed by atoms with Crippen molar-refractivity contribution in [1.82, 2.24) is 25.6 Å². The Labute approximate surface area is 155 Å². The van der Waals surface area contributed by atoms with E-state index in [9.17, 15) is 4.79 Å². The van der Waals surface area contributed by atoms with Crippen molar-refractivity contribution in [3.05, 3.63) is 42.4 Å². The molecule has 1 amide bonds. The number of anilines is 2. The summed E-state index contributed by atoms with van der Waals surface area (Å²) in [6.07, 6.45) is 1.50. The van der Waals surface area contributed by atoms with Gasteiger partial charge in [0, 0.05) is 18.3 Å². The number of methoxy groups -OCH3 is 3. The maximum absolute atomic E-state index is 13.1. The maximum Gasteiger partial charge on any atom is 0.240 e. The standard InChI is InChI=1S/C17H18N6O4/c1-25-11-8-12(26-2)17(13(9-11)27-3)23(15-6-4-5-7-18-15)16(24)10-14-19-21-22-20-14/h4-9H,10H2,1-3H3,(H,19,20,21,22). The van der Waals surface area contributed by atoms with Gasteiger partial charge < -0.3 is 14.2 Å². The van der Waals surface area contributed by atoms with Crippen LogP contribution in [-0.2, 0) is 11.2 Å². The van der Waals surface area contributed by atoms with E-state index in [1.807, 2.05) is 0 Å². The van der Waals surface area contributed by atoms with E-state index in [0.29, 0.717) is 28.8 Å². The molecule has 1 N–H and O–H groups in total. The topological polar surface area (TPSA) is 115 Å². The fraction of sp³-hybridized carbons (Fsp3) is 0.235. The molecule has 0 fully saturated rings. The number of amides is 1. The first kappa shape index (κ1) is 18.1. The van der Waals surface area contributed by atoms with Crippen molar-refractivity contribution in [1.29, 1.82) is 0 Å². The molecule has 140 valence electrons. The van der Waals surface area contributed by atoms with Crippen LogP contribution in [-0.4, -0.2) is 52.8 Å². The molecule has 0 aliphatic carbocycles. The number of aromatic nitrogens is 5. The highest BCUT2D eigenvalue weighted by atomic mass is 16.5. The predicted octanol–water partition coefficient (Wildman–Crippen LogP) is 1.53. The summed E-state index contributed by atoms with van der Waals surface area (Å²) in [6.45, 7) is 0. The first-order chi connectivity index (χ1) is 13.2. The SMILES string of the molecule is COc1cc(OC)c(N(C(=O)Cc2nn[nH]n2)c2ccccn2)c(OC)c1. The predicted molar refractivity (Wildman–Crippen MR) is 95.4 cm³/mol. The van der Waals surface area contributed by atoms with Gasteiger partial charge in [0.05, 0.1) is 27.8 Å². The Kier molecular flexibility index (Phi) is 5.45. The first-order valence-corrected chi connectivity index (χ1v) is 7.94. The van der Waals surface area contributed by atoms with Crippen LogP contribution in [0.1, 0.15) is 5.82 Å². The molecule has 0 atom stereocenters. The monoisotopic (exact) mass is 370 g/mol. The summed E-state index contributed by atoms with van der Waals surface area (Å²) in [5, 5.41) is 13.5. The van der Waals surface area contributed by atoms with E-state index in [2.05, 4.69) is 25.6 Å². The molecule has 0 bridgehead atoms. The summed E-state index contributed by atoms with van der Waals surface area (Å²) in [5.74, 6) is 1.62. The average molecular weight is 370 g/mol. The Morgan fingerprint density at radius 1 is 1.11 bits per heavy atom. The zero-order valence-electron chi connectivity index (χ0n) is 15.0. The van der Waals surface area contributed by atoms with Gasteiger partial charge in [-0.25, -0.2) is 4.98 Å². The van der Waals surface area contributed by atoms with Crippen LogP contribution in [0.3, 0.4) is 0 Å². The molecule has 0 radical (unpaired) electrons. The summed E-state index contributed by atoms with van der Waals surface area (Å²) in [6, 6.07) is 8.56. The van der Waals surface area contributed by atoms with Crippen LogP contribution in [0.25, 0.3) is 0 Å². The summed E-state index contributed by atoms with van der Waals surface area (Å²) in [4.78, 5) is 18.8. The molecule has 0 aliphatic rings. The van der Waals surface area contributed by atoms with E-state index in [-0.39, 0.29) is 18.2 Å². The molecule has 27 heavy (non-hydrogen) atoms. The third kappa shape index (κ3) is 3.78. The quantitative estimate of drug-likeness (QED) is 0.666. The Bertz CT molecular complexity index is 876. The summed E-state index contributed by atoms with van der Waals surface area (Å²) < 4.78 is 16.2. The van der Waals surface area contributed by atoms with Gasteiger partial charge in [-0.15, -0.1) is 10.2 Å². The molecule has 1 aromatic carbocycles. The van der Waals surface area contributed by atoms with E-state index < -0.39 is 0 Å². The van der Waals surface area contributed by atoms with Crippen LogP contribution in [0.4, 0.5) is 11.5 Å². The van der Waals surface area contributed by atoms with Gasteiger partial charge in [0.1, 0.15) is 17.3 Å². The highest BCUT2D eigenvalue weighted by Crippen LogP contribution is 2.44. The van der Waals surface area contributed by atoms with Crippen molar-refractivity contribution >= 4 is 17.4 Å². The van der Waals surface area contributed by atoms with Crippen LogP contribution >= 0.6 is 0 Å². The number of nitrogens with zero attached hydrogens (tertiary/aromatic N) is 5. The number of hydrogen-bond acceptors (Lipinski definition) is 8. The largest absolute Gasteiger partial charge is 0.496 e. The number of aromatic amines is 1. The average Bonchev–Trinajstić information content (AvgIpc) is 3.21. The maximum atomic E-state index is 13.1. The molecule has 2 heterocycles. The lowest BCUT2D eigenvalue weighted by atomic mass is 10.2. The Morgan fingerprint density at radius 2 is 1.85 bits per heavy atom. The van der Waals surface area contributed by atoms with Crippen LogP contribution in [0.5, 0.6) is 17.2 Å². The third-order valence-corrected chi connectivity index (χ3v) is 3.74. The molecule has 0 spiro atoms. The fourth-order valence-corrected chi connectivity index (χ4v) is 2.53. The van der Waals surface area contributed by atoms with Crippen LogP contribution in [0.15, 0.2) is 36.5 Å². The number of rotatable bonds is 7. The number of tetrazole rings is 1. The third-order valence-electron chi connectivity index (χ3n) is 3.74. The number of H-pyrrole nitrogens is 1. The van der Waals surface area contributed by atoms with Gasteiger partial charge in [-0.05, 0) is 12.1 Å². The molecule has 10 nitrogen and oxygen atoms in total. The molecule has 10 heteroatoms. The number of carbonyl (C=O) groups is 1. The zero-order valence-corrected chi connectivity index (χ0v) is 15.0. The van der Waals surface area contributed by atoms with E-state index in [1.54, 1.807) is 36.5 Å². The highest BCUT2D eigenvalue weighted by molar-refractivity contribution is 6.03. The minimum atomic E-state index is -0.336. The molecular weight excluding hydrogens is 352 g/mol. The lowest BCUT2D eigenvalue weighted by molar-refractivity contribution is -0.117. The fourth-order valence-electron chi connectivity index (χ4n) is 2.53. The van der Waals surface area contributed by atoms with Gasteiger partial charge >= 0.3 is 0 Å². The van der Waals surface area contributed by atoms with Crippen molar-refractivity contribution in [2.45, 2.75) is 6.42 Å². The van der Waals surface area contributed by atoms with Crippen LogP contribution in [0.2, 0.25) is 0 Å². The Hall–Kier alpha value is -3.69. The molecule has 0 saturated carbocycles. The lowest BCUT2D eigenvalue weighted by Crippen LogP contribution is -2.29. The van der Waals surface area contributed by atoms with Gasteiger partial charge in [-0.3, -0.25) is 9.69 Å². The van der Waals surface area contributed by atoms with Gasteiger partial charge in [0.15, 0.2) is 17.3 Å². The molecule has 0 saturated heterocycles. The Morgan fingerprint density at radius 3 is 2.37 bits per heavy atom. The molecule has 3 aromatic rings. The van der Waals surface area contributed by atoms with Crippen molar-refractivity contribution in [2.24, 2.45) is 0 Å². The number of carbonyl (C=O) groups excluding carboxylic acids is 1. The summed E-state index contributed by atoms with van der Waals surface area (Å²) in [5.41, 5.74) is 0.396. The van der Waals surface area contributed by atoms with Gasteiger partial charge in [-0.2, -0.15) is 5.21 Å². The van der Waals surface area contributed by atoms with E-state index in [1.165, 1.54) is 26.2 Å². The van der Waals surface area contributed by atoms with Gasteiger partial charge in [-0.1, -0.05) is 11.3 Å². The second-order valence-corrected chi connectivity index (χ2v) is 5.30. The second kappa shape index (κ2) is 8.13. The minimum absolute atomic E-state index is 0.0919. The van der Waals surface area contributed by atoms with Crippen LogP contribution < -0.4 is 19.1 Å². The number of hydrogen-bond donors (Lipinski definition) is 1. The van der Waals surface area contributed by atoms with Gasteiger partial charge in [0.25, 0.3) is 0 Å². The molecule has 0 aliphatic heterocycles. The molecule has 0 unspecified atom stereocenters. The van der Waals surface area contributed by atoms with Crippen molar-refractivity contribution < 1.29 is 19.0 Å². The first-order valence-electron chi connectivity index (χ1n) is 7.94. The van der Waals surface area contributed by atoms with E-state index in [0.717, 1.165) is 0 Å². The van der Waals surface area contributed by atoms with Crippen molar-refractivity contribution in [3.63, 3.8) is 0 Å². The second-order valence-electron chi connectivity index (χ2n) is 5.30. The van der Waals surface area contributed by atoms with E-state index >= 15 is 0 Å². The molecule has 3 rings (SSSR count). The lowest BCUT2D eigenvalue weighted by Gasteiger charge is -2.25. The summed E-state index contributed by atoms with van der Waals surface area (Å²) in [7, 11) is 4.53. The number of pyridine rings is 1. The molecular formula is C17H18N6O4. The van der Waals surface area contributed by atoms with Crippen molar-refractivity contribution in [2.75, 3.05) is 26.2 Å².